The minimum atomic E-state index is -4.73. The first kappa shape index (κ1) is 23.3. The summed E-state index contributed by atoms with van der Waals surface area (Å²) < 4.78 is 67.0. The zero-order valence-corrected chi connectivity index (χ0v) is 18.7. The van der Waals surface area contributed by atoms with Crippen molar-refractivity contribution in [3.63, 3.8) is 0 Å². The van der Waals surface area contributed by atoms with E-state index in [9.17, 15) is 21.6 Å². The number of nitrogen functional groups attached to an aromatic ring is 1. The minimum absolute atomic E-state index is 0.00461. The number of hydrogen-bond acceptors (Lipinski definition) is 7. The predicted molar refractivity (Wildman–Crippen MR) is 119 cm³/mol. The highest BCUT2D eigenvalue weighted by molar-refractivity contribution is 7.91. The maximum Gasteiger partial charge on any atom is 0.417 e. The molecule has 5 N–H and O–H groups in total. The smallest absolute Gasteiger partial charge is 0.368 e. The van der Waals surface area contributed by atoms with Gasteiger partial charge in [-0.3, -0.25) is 0 Å². The molecule has 1 aliphatic heterocycles. The summed E-state index contributed by atoms with van der Waals surface area (Å²) >= 11 is 6.25. The van der Waals surface area contributed by atoms with Crippen LogP contribution in [0.3, 0.4) is 0 Å². The van der Waals surface area contributed by atoms with E-state index in [2.05, 4.69) is 25.8 Å². The summed E-state index contributed by atoms with van der Waals surface area (Å²) in [6.45, 7) is 0.770. The Morgan fingerprint density at radius 3 is 2.52 bits per heavy atom. The second-order valence-corrected chi connectivity index (χ2v) is 10.1. The number of nitrogens with one attached hydrogen (secondary N) is 3. The van der Waals surface area contributed by atoms with Crippen LogP contribution in [0.5, 0.6) is 0 Å². The summed E-state index contributed by atoms with van der Waals surface area (Å²) in [5.41, 5.74) is 4.33. The van der Waals surface area contributed by atoms with Gasteiger partial charge in [-0.15, -0.1) is 5.10 Å². The normalized spacial score (nSPS) is 16.8. The van der Waals surface area contributed by atoms with Gasteiger partial charge in [0.1, 0.15) is 0 Å². The molecule has 1 unspecified atom stereocenters. The van der Waals surface area contributed by atoms with E-state index < -0.39 is 21.6 Å². The Morgan fingerprint density at radius 2 is 1.94 bits per heavy atom. The van der Waals surface area contributed by atoms with Gasteiger partial charge in [0.15, 0.2) is 9.84 Å². The van der Waals surface area contributed by atoms with Gasteiger partial charge in [0.05, 0.1) is 21.2 Å². The molecule has 2 heterocycles. The van der Waals surface area contributed by atoms with E-state index in [-0.39, 0.29) is 50.4 Å². The maximum atomic E-state index is 13.9. The number of nitrogens with zero attached hydrogens (tertiary/aromatic N) is 2. The van der Waals surface area contributed by atoms with Crippen molar-refractivity contribution < 1.29 is 21.6 Å². The molecule has 3 aromatic rings. The van der Waals surface area contributed by atoms with E-state index in [0.29, 0.717) is 0 Å². The van der Waals surface area contributed by atoms with Crippen LogP contribution < -0.4 is 16.4 Å². The predicted octanol–water partition coefficient (Wildman–Crippen LogP) is 4.00. The Bertz CT molecular complexity index is 1260. The largest absolute Gasteiger partial charge is 0.417 e. The molecule has 1 fully saturated rings. The number of H-pyrrole nitrogens is 1. The number of rotatable bonds is 6. The van der Waals surface area contributed by atoms with Gasteiger partial charge in [-0.05, 0) is 49.2 Å². The quantitative estimate of drug-likeness (QED) is 0.403. The second-order valence-electron chi connectivity index (χ2n) is 7.65. The molecule has 0 aliphatic carbocycles. The van der Waals surface area contributed by atoms with Crippen molar-refractivity contribution in [3.8, 4) is 11.1 Å². The van der Waals surface area contributed by atoms with Gasteiger partial charge >= 0.3 is 6.18 Å². The lowest BCUT2D eigenvalue weighted by Gasteiger charge is -2.17. The zero-order valence-electron chi connectivity index (χ0n) is 17.1. The molecule has 1 saturated heterocycles. The van der Waals surface area contributed by atoms with Gasteiger partial charge in [-0.25, -0.2) is 13.5 Å². The molecule has 0 spiro atoms. The monoisotopic (exact) mass is 500 g/mol. The van der Waals surface area contributed by atoms with Gasteiger partial charge in [0.2, 0.25) is 11.9 Å². The van der Waals surface area contributed by atoms with E-state index >= 15 is 0 Å². The van der Waals surface area contributed by atoms with Crippen molar-refractivity contribution in [3.05, 3.63) is 47.0 Å². The van der Waals surface area contributed by atoms with Gasteiger partial charge in [0.25, 0.3) is 0 Å². The molecular weight excluding hydrogens is 481 g/mol. The highest BCUT2D eigenvalue weighted by Crippen LogP contribution is 2.43. The molecule has 0 amide bonds. The van der Waals surface area contributed by atoms with Crippen molar-refractivity contribution in [2.24, 2.45) is 0 Å². The van der Waals surface area contributed by atoms with Crippen molar-refractivity contribution >= 4 is 39.0 Å². The van der Waals surface area contributed by atoms with Crippen molar-refractivity contribution in [1.29, 1.82) is 0 Å². The average Bonchev–Trinajstić information content (AvgIpc) is 3.38. The first-order valence-electron chi connectivity index (χ1n) is 9.95. The number of nitrogens with two attached hydrogens (primary N) is 1. The van der Waals surface area contributed by atoms with Crippen LogP contribution in [0.2, 0.25) is 5.02 Å². The molecule has 13 heteroatoms. The Hall–Kier alpha value is -2.83. The summed E-state index contributed by atoms with van der Waals surface area (Å²) in [6.07, 6.45) is -3.05. The van der Waals surface area contributed by atoms with Gasteiger partial charge in [0, 0.05) is 17.3 Å². The molecule has 4 rings (SSSR count). The molecule has 0 bridgehead atoms. The maximum absolute atomic E-state index is 13.9. The Morgan fingerprint density at radius 1 is 1.21 bits per heavy atom. The Kier molecular flexibility index (Phi) is 6.25. The molecular formula is C20H20ClF3N6O2S. The number of hydrogen-bond donors (Lipinski definition) is 4. The van der Waals surface area contributed by atoms with Crippen molar-refractivity contribution in [2.45, 2.75) is 30.0 Å². The lowest BCUT2D eigenvalue weighted by Crippen LogP contribution is -2.29. The lowest BCUT2D eigenvalue weighted by molar-refractivity contribution is -0.137. The number of alkyl halides is 3. The lowest BCUT2D eigenvalue weighted by atomic mass is 9.98. The fraction of sp³-hybridized carbons (Fsp3) is 0.300. The third-order valence-corrected chi connectivity index (χ3v) is 7.37. The average molecular weight is 501 g/mol. The number of sulfone groups is 1. The molecule has 1 aliphatic rings. The van der Waals surface area contributed by atoms with Crippen LogP contribution >= 0.6 is 11.6 Å². The molecule has 1 aromatic heterocycles. The van der Waals surface area contributed by atoms with Gasteiger partial charge in [-0.1, -0.05) is 23.7 Å². The first-order valence-corrected chi connectivity index (χ1v) is 12.0. The van der Waals surface area contributed by atoms with Crippen LogP contribution in [0.1, 0.15) is 18.4 Å². The fourth-order valence-electron chi connectivity index (χ4n) is 3.74. The van der Waals surface area contributed by atoms with Crippen LogP contribution in [0.15, 0.2) is 41.3 Å². The van der Waals surface area contributed by atoms with E-state index in [1.807, 2.05) is 0 Å². The summed E-state index contributed by atoms with van der Waals surface area (Å²) in [7, 11) is -3.59. The summed E-state index contributed by atoms with van der Waals surface area (Å²) in [4.78, 5) is 3.84. The molecule has 176 valence electrons. The second kappa shape index (κ2) is 8.84. The highest BCUT2D eigenvalue weighted by atomic mass is 35.5. The Labute approximate surface area is 192 Å². The number of benzene rings is 2. The van der Waals surface area contributed by atoms with E-state index in [0.717, 1.165) is 25.5 Å². The van der Waals surface area contributed by atoms with Crippen LogP contribution in [0, 0.1) is 0 Å². The molecule has 8 nitrogen and oxygen atoms in total. The van der Waals surface area contributed by atoms with E-state index in [4.69, 9.17) is 17.3 Å². The SMILES string of the molecule is Nc1nc(Nc2cc(Cl)c(-c3ccc(S(=O)(=O)CC4CCCN4)cc3)c(C(F)(F)F)c2)n[nH]1. The third kappa shape index (κ3) is 5.23. The fourth-order valence-corrected chi connectivity index (χ4v) is 5.63. The summed E-state index contributed by atoms with van der Waals surface area (Å²) in [6, 6.07) is 7.32. The molecule has 2 aromatic carbocycles. The topological polar surface area (TPSA) is 126 Å². The van der Waals surface area contributed by atoms with Crippen LogP contribution in [-0.2, 0) is 16.0 Å². The summed E-state index contributed by atoms with van der Waals surface area (Å²) in [5, 5.41) is 11.7. The minimum Gasteiger partial charge on any atom is -0.368 e. The van der Waals surface area contributed by atoms with Crippen LogP contribution in [0.4, 0.5) is 30.8 Å². The van der Waals surface area contributed by atoms with Crippen LogP contribution in [-0.4, -0.2) is 41.9 Å². The van der Waals surface area contributed by atoms with E-state index in [1.54, 1.807) is 0 Å². The van der Waals surface area contributed by atoms with Gasteiger partial charge in [-0.2, -0.15) is 18.2 Å². The number of aromatic nitrogens is 3. The molecule has 1 atom stereocenters. The number of halogens is 4. The number of aromatic amines is 1. The molecule has 0 radical (unpaired) electrons. The summed E-state index contributed by atoms with van der Waals surface area (Å²) in [5.74, 6) is -0.0849. The van der Waals surface area contributed by atoms with Crippen molar-refractivity contribution in [1.82, 2.24) is 20.5 Å². The number of anilines is 3. The highest BCUT2D eigenvalue weighted by Gasteiger charge is 2.35. The van der Waals surface area contributed by atoms with Crippen LogP contribution in [0.25, 0.3) is 11.1 Å². The van der Waals surface area contributed by atoms with E-state index in [1.165, 1.54) is 30.3 Å². The first-order chi connectivity index (χ1) is 15.5. The Balaban J connectivity index is 1.67. The van der Waals surface area contributed by atoms with Crippen molar-refractivity contribution in [2.75, 3.05) is 23.3 Å². The molecule has 33 heavy (non-hydrogen) atoms. The molecule has 0 saturated carbocycles. The van der Waals surface area contributed by atoms with Gasteiger partial charge < -0.3 is 16.4 Å². The standard InChI is InChI=1S/C20H20ClF3N6O2S/c21-16-9-13(27-19-28-18(25)29-30-19)8-15(20(22,23)24)17(16)11-3-5-14(6-4-11)33(31,32)10-12-2-1-7-26-12/h3-6,8-9,12,26H,1-2,7,10H2,(H4,25,27,28,29,30). The third-order valence-electron chi connectivity index (χ3n) is 5.24. The zero-order chi connectivity index (χ0) is 23.8.